The number of amides is 1. The summed E-state index contributed by atoms with van der Waals surface area (Å²) < 4.78 is 0. The zero-order chi connectivity index (χ0) is 11.4. The van der Waals surface area contributed by atoms with Crippen molar-refractivity contribution in [1.29, 1.82) is 5.26 Å². The molecule has 1 aliphatic rings. The van der Waals surface area contributed by atoms with Crippen molar-refractivity contribution in [3.8, 4) is 6.07 Å². The molecule has 1 saturated carbocycles. The van der Waals surface area contributed by atoms with Gasteiger partial charge in [-0.05, 0) is 37.8 Å². The van der Waals surface area contributed by atoms with E-state index in [1.54, 1.807) is 24.5 Å². The molecular formula is C12H13N3O. The molecule has 1 fully saturated rings. The van der Waals surface area contributed by atoms with Crippen LogP contribution in [0.4, 0.5) is 0 Å². The summed E-state index contributed by atoms with van der Waals surface area (Å²) in [5.41, 5.74) is -0.100. The predicted molar refractivity (Wildman–Crippen MR) is 58.5 cm³/mol. The third-order valence-electron chi connectivity index (χ3n) is 2.97. The molecule has 0 bridgehead atoms. The van der Waals surface area contributed by atoms with Gasteiger partial charge < -0.3 is 5.32 Å². The molecule has 0 saturated heterocycles. The van der Waals surface area contributed by atoms with E-state index < -0.39 is 5.54 Å². The van der Waals surface area contributed by atoms with Crippen molar-refractivity contribution < 1.29 is 4.79 Å². The molecule has 1 heterocycles. The van der Waals surface area contributed by atoms with Crippen LogP contribution in [-0.4, -0.2) is 16.4 Å². The SMILES string of the molecule is N#CC1(NC(=O)c2ccncc2)CCCC1. The summed E-state index contributed by atoms with van der Waals surface area (Å²) in [4.78, 5) is 15.7. The maximum Gasteiger partial charge on any atom is 0.252 e. The molecule has 1 N–H and O–H groups in total. The van der Waals surface area contributed by atoms with Gasteiger partial charge in [0.1, 0.15) is 5.54 Å². The van der Waals surface area contributed by atoms with Crippen LogP contribution >= 0.6 is 0 Å². The van der Waals surface area contributed by atoms with Crippen LogP contribution in [0, 0.1) is 11.3 Å². The summed E-state index contributed by atoms with van der Waals surface area (Å²) in [7, 11) is 0. The van der Waals surface area contributed by atoms with Gasteiger partial charge >= 0.3 is 0 Å². The lowest BCUT2D eigenvalue weighted by Gasteiger charge is -2.21. The van der Waals surface area contributed by atoms with Crippen molar-refractivity contribution in [3.63, 3.8) is 0 Å². The largest absolute Gasteiger partial charge is 0.334 e. The zero-order valence-electron chi connectivity index (χ0n) is 8.94. The van der Waals surface area contributed by atoms with E-state index in [0.29, 0.717) is 5.56 Å². The average molecular weight is 215 g/mol. The molecule has 2 rings (SSSR count). The van der Waals surface area contributed by atoms with Crippen molar-refractivity contribution in [2.75, 3.05) is 0 Å². The van der Waals surface area contributed by atoms with E-state index in [-0.39, 0.29) is 5.91 Å². The Hall–Kier alpha value is -1.89. The fraction of sp³-hybridized carbons (Fsp3) is 0.417. The molecule has 1 aliphatic carbocycles. The molecule has 4 heteroatoms. The highest BCUT2D eigenvalue weighted by Crippen LogP contribution is 2.29. The molecule has 1 aromatic heterocycles. The number of aromatic nitrogens is 1. The second-order valence-corrected chi connectivity index (χ2v) is 4.09. The molecular weight excluding hydrogens is 202 g/mol. The second kappa shape index (κ2) is 4.31. The first kappa shape index (κ1) is 10.6. The molecule has 0 spiro atoms. The molecule has 0 atom stereocenters. The smallest absolute Gasteiger partial charge is 0.252 e. The Morgan fingerprint density at radius 1 is 1.38 bits per heavy atom. The molecule has 0 aromatic carbocycles. The Labute approximate surface area is 94.3 Å². The topological polar surface area (TPSA) is 65.8 Å². The second-order valence-electron chi connectivity index (χ2n) is 4.09. The Bertz CT molecular complexity index is 416. The standard InChI is InChI=1S/C12H13N3O/c13-9-12(5-1-2-6-12)15-11(16)10-3-7-14-8-4-10/h3-4,7-8H,1-2,5-6H2,(H,15,16). The van der Waals surface area contributed by atoms with Crippen LogP contribution < -0.4 is 5.32 Å². The van der Waals surface area contributed by atoms with Crippen LogP contribution in [0.3, 0.4) is 0 Å². The van der Waals surface area contributed by atoms with Crippen LogP contribution in [0.2, 0.25) is 0 Å². The van der Waals surface area contributed by atoms with Crippen LogP contribution in [-0.2, 0) is 0 Å². The Morgan fingerprint density at radius 3 is 2.56 bits per heavy atom. The zero-order valence-corrected chi connectivity index (χ0v) is 8.94. The summed E-state index contributed by atoms with van der Waals surface area (Å²) in [5.74, 6) is -0.189. The van der Waals surface area contributed by atoms with Gasteiger partial charge in [0.25, 0.3) is 5.91 Å². The Balaban J connectivity index is 2.11. The van der Waals surface area contributed by atoms with Crippen molar-refractivity contribution in [1.82, 2.24) is 10.3 Å². The lowest BCUT2D eigenvalue weighted by molar-refractivity contribution is 0.0920. The van der Waals surface area contributed by atoms with Crippen molar-refractivity contribution in [2.45, 2.75) is 31.2 Å². The number of nitrogens with zero attached hydrogens (tertiary/aromatic N) is 2. The third kappa shape index (κ3) is 2.03. The number of carbonyl (C=O) groups is 1. The van der Waals surface area contributed by atoms with Gasteiger partial charge in [0, 0.05) is 18.0 Å². The van der Waals surface area contributed by atoms with Crippen molar-refractivity contribution in [3.05, 3.63) is 30.1 Å². The number of hydrogen-bond donors (Lipinski definition) is 1. The number of nitriles is 1. The van der Waals surface area contributed by atoms with Crippen LogP contribution in [0.5, 0.6) is 0 Å². The van der Waals surface area contributed by atoms with E-state index in [1.807, 2.05) is 0 Å². The lowest BCUT2D eigenvalue weighted by atomic mass is 9.99. The maximum atomic E-state index is 11.9. The highest BCUT2D eigenvalue weighted by molar-refractivity contribution is 5.94. The molecule has 0 unspecified atom stereocenters. The highest BCUT2D eigenvalue weighted by Gasteiger charge is 2.35. The highest BCUT2D eigenvalue weighted by atomic mass is 16.1. The van der Waals surface area contributed by atoms with E-state index in [4.69, 9.17) is 5.26 Å². The Morgan fingerprint density at radius 2 is 2.00 bits per heavy atom. The van der Waals surface area contributed by atoms with Crippen LogP contribution in [0.15, 0.2) is 24.5 Å². The first-order chi connectivity index (χ1) is 7.76. The number of rotatable bonds is 2. The van der Waals surface area contributed by atoms with Gasteiger partial charge in [-0.25, -0.2) is 0 Å². The minimum absolute atomic E-state index is 0.189. The quantitative estimate of drug-likeness (QED) is 0.815. The van der Waals surface area contributed by atoms with Gasteiger partial charge in [-0.2, -0.15) is 5.26 Å². The minimum Gasteiger partial charge on any atom is -0.334 e. The molecule has 82 valence electrons. The van der Waals surface area contributed by atoms with Crippen molar-refractivity contribution in [2.24, 2.45) is 0 Å². The van der Waals surface area contributed by atoms with Gasteiger partial charge in [0.2, 0.25) is 0 Å². The predicted octanol–water partition coefficient (Wildman–Crippen LogP) is 1.65. The number of pyridine rings is 1. The Kier molecular flexibility index (Phi) is 2.86. The van der Waals surface area contributed by atoms with E-state index in [0.717, 1.165) is 25.7 Å². The monoisotopic (exact) mass is 215 g/mol. The molecule has 16 heavy (non-hydrogen) atoms. The molecule has 1 aromatic rings. The van der Waals surface area contributed by atoms with Crippen molar-refractivity contribution >= 4 is 5.91 Å². The fourth-order valence-electron chi connectivity index (χ4n) is 2.04. The van der Waals surface area contributed by atoms with Crippen LogP contribution in [0.25, 0.3) is 0 Å². The van der Waals surface area contributed by atoms with E-state index in [1.165, 1.54) is 0 Å². The van der Waals surface area contributed by atoms with Gasteiger partial charge in [0.15, 0.2) is 0 Å². The fourth-order valence-corrected chi connectivity index (χ4v) is 2.04. The van der Waals surface area contributed by atoms with Gasteiger partial charge in [-0.15, -0.1) is 0 Å². The van der Waals surface area contributed by atoms with E-state index in [9.17, 15) is 4.79 Å². The third-order valence-corrected chi connectivity index (χ3v) is 2.97. The summed E-state index contributed by atoms with van der Waals surface area (Å²) in [5, 5.41) is 12.0. The summed E-state index contributed by atoms with van der Waals surface area (Å²) in [6.07, 6.45) is 6.65. The van der Waals surface area contributed by atoms with E-state index in [2.05, 4.69) is 16.4 Å². The van der Waals surface area contributed by atoms with Crippen LogP contribution in [0.1, 0.15) is 36.0 Å². The van der Waals surface area contributed by atoms with Gasteiger partial charge in [-0.1, -0.05) is 0 Å². The summed E-state index contributed by atoms with van der Waals surface area (Å²) in [6.45, 7) is 0. The summed E-state index contributed by atoms with van der Waals surface area (Å²) >= 11 is 0. The maximum absolute atomic E-state index is 11.9. The first-order valence-electron chi connectivity index (χ1n) is 5.40. The molecule has 4 nitrogen and oxygen atoms in total. The first-order valence-corrected chi connectivity index (χ1v) is 5.40. The minimum atomic E-state index is -0.652. The number of carbonyl (C=O) groups excluding carboxylic acids is 1. The average Bonchev–Trinajstić information content (AvgIpc) is 2.79. The summed E-state index contributed by atoms with van der Waals surface area (Å²) in [6, 6.07) is 5.53. The molecule has 0 radical (unpaired) electrons. The van der Waals surface area contributed by atoms with E-state index >= 15 is 0 Å². The van der Waals surface area contributed by atoms with Gasteiger partial charge in [0.05, 0.1) is 6.07 Å². The lowest BCUT2D eigenvalue weighted by Crippen LogP contribution is -2.45. The number of hydrogen-bond acceptors (Lipinski definition) is 3. The van der Waals surface area contributed by atoms with Gasteiger partial charge in [-0.3, -0.25) is 9.78 Å². The molecule has 1 amide bonds. The normalized spacial score (nSPS) is 17.7. The molecule has 0 aliphatic heterocycles. The number of nitrogens with one attached hydrogen (secondary N) is 1.